The van der Waals surface area contributed by atoms with Gasteiger partial charge in [0.2, 0.25) is 0 Å². The molecule has 0 aromatic rings. The molecular weight excluding hydrogens is 865 g/mol. The number of ether oxygens (including phenoxy) is 3. The van der Waals surface area contributed by atoms with Crippen molar-refractivity contribution < 1.29 is 28.6 Å². The first-order chi connectivity index (χ1) is 34.1. The summed E-state index contributed by atoms with van der Waals surface area (Å²) in [6.07, 6.45) is 59.6. The van der Waals surface area contributed by atoms with Crippen molar-refractivity contribution in [3.8, 4) is 0 Å². The lowest BCUT2D eigenvalue weighted by Crippen LogP contribution is -2.30. The summed E-state index contributed by atoms with van der Waals surface area (Å²) in [4.78, 5) is 38.3. The molecule has 0 heterocycles. The van der Waals surface area contributed by atoms with Crippen LogP contribution in [0.3, 0.4) is 0 Å². The van der Waals surface area contributed by atoms with E-state index in [0.717, 1.165) is 75.5 Å². The summed E-state index contributed by atoms with van der Waals surface area (Å²) in [5, 5.41) is 0. The SMILES string of the molecule is CCC(C)CCCCCCCCCCCCCCCCC(=O)O[C@@H](COC(=O)CCCCCCCCCCCCCCCCCCCCC(C)C)COC(=O)CCCCCCCCCCCCC(C)C. The molecule has 0 aromatic carbocycles. The maximum Gasteiger partial charge on any atom is 0.306 e. The largest absolute Gasteiger partial charge is 0.462 e. The van der Waals surface area contributed by atoms with Crippen LogP contribution in [0.2, 0.25) is 0 Å². The van der Waals surface area contributed by atoms with Gasteiger partial charge in [0.25, 0.3) is 0 Å². The second-order valence-corrected chi connectivity index (χ2v) is 23.2. The third kappa shape index (κ3) is 55.7. The van der Waals surface area contributed by atoms with Crippen LogP contribution in [0.15, 0.2) is 0 Å². The molecule has 6 heteroatoms. The Morgan fingerprint density at radius 1 is 0.286 bits per heavy atom. The molecule has 0 aliphatic heterocycles. The van der Waals surface area contributed by atoms with Gasteiger partial charge in [-0.2, -0.15) is 0 Å². The molecule has 2 atom stereocenters. The molecule has 1 unspecified atom stereocenters. The first kappa shape index (κ1) is 68.4. The van der Waals surface area contributed by atoms with Gasteiger partial charge in [0.05, 0.1) is 0 Å². The fourth-order valence-electron chi connectivity index (χ4n) is 9.85. The van der Waals surface area contributed by atoms with Gasteiger partial charge in [-0.3, -0.25) is 14.4 Å². The van der Waals surface area contributed by atoms with Crippen LogP contribution < -0.4 is 0 Å². The molecule has 0 rings (SSSR count). The normalized spacial score (nSPS) is 12.5. The predicted octanol–water partition coefficient (Wildman–Crippen LogP) is 21.1. The van der Waals surface area contributed by atoms with E-state index in [-0.39, 0.29) is 31.1 Å². The average Bonchev–Trinajstić information content (AvgIpc) is 3.33. The van der Waals surface area contributed by atoms with E-state index >= 15 is 0 Å². The van der Waals surface area contributed by atoms with E-state index in [9.17, 15) is 14.4 Å². The van der Waals surface area contributed by atoms with Crippen molar-refractivity contribution in [1.82, 2.24) is 0 Å². The van der Waals surface area contributed by atoms with Crippen LogP contribution >= 0.6 is 0 Å². The molecule has 0 radical (unpaired) electrons. The van der Waals surface area contributed by atoms with Crippen LogP contribution in [0.25, 0.3) is 0 Å². The molecule has 6 nitrogen and oxygen atoms in total. The van der Waals surface area contributed by atoms with Crippen molar-refractivity contribution in [2.45, 2.75) is 362 Å². The summed E-state index contributed by atoms with van der Waals surface area (Å²) < 4.78 is 16.9. The van der Waals surface area contributed by atoms with Gasteiger partial charge in [0, 0.05) is 19.3 Å². The first-order valence-corrected chi connectivity index (χ1v) is 31.6. The lowest BCUT2D eigenvalue weighted by Gasteiger charge is -2.18. The molecular formula is C64H124O6. The third-order valence-corrected chi connectivity index (χ3v) is 15.0. The van der Waals surface area contributed by atoms with E-state index in [0.29, 0.717) is 19.3 Å². The maximum absolute atomic E-state index is 12.9. The number of hydrogen-bond acceptors (Lipinski definition) is 6. The molecule has 0 aromatic heterocycles. The Hall–Kier alpha value is -1.59. The lowest BCUT2D eigenvalue weighted by molar-refractivity contribution is -0.167. The fourth-order valence-corrected chi connectivity index (χ4v) is 9.85. The minimum Gasteiger partial charge on any atom is -0.462 e. The zero-order chi connectivity index (χ0) is 51.2. The Morgan fingerprint density at radius 2 is 0.500 bits per heavy atom. The monoisotopic (exact) mass is 989 g/mol. The van der Waals surface area contributed by atoms with Crippen molar-refractivity contribution in [3.05, 3.63) is 0 Å². The Labute approximate surface area is 438 Å². The van der Waals surface area contributed by atoms with Crippen LogP contribution in [0.1, 0.15) is 356 Å². The average molecular weight is 990 g/mol. The van der Waals surface area contributed by atoms with E-state index in [1.807, 2.05) is 0 Å². The van der Waals surface area contributed by atoms with Crippen LogP contribution in [-0.4, -0.2) is 37.2 Å². The molecule has 0 saturated heterocycles. The van der Waals surface area contributed by atoms with Crippen molar-refractivity contribution >= 4 is 17.9 Å². The minimum absolute atomic E-state index is 0.0629. The Bertz CT molecular complexity index is 1090. The highest BCUT2D eigenvalue weighted by Gasteiger charge is 2.19. The Kier molecular flexibility index (Phi) is 53.9. The Morgan fingerprint density at radius 3 is 0.743 bits per heavy atom. The number of carbonyl (C=O) groups is 3. The van der Waals surface area contributed by atoms with Gasteiger partial charge < -0.3 is 14.2 Å². The highest BCUT2D eigenvalue weighted by atomic mass is 16.6. The van der Waals surface area contributed by atoms with Crippen molar-refractivity contribution in [1.29, 1.82) is 0 Å². The predicted molar refractivity (Wildman–Crippen MR) is 303 cm³/mol. The number of hydrogen-bond donors (Lipinski definition) is 0. The molecule has 0 bridgehead atoms. The zero-order valence-corrected chi connectivity index (χ0v) is 48.3. The molecule has 70 heavy (non-hydrogen) atoms. The maximum atomic E-state index is 12.9. The number of esters is 3. The highest BCUT2D eigenvalue weighted by molar-refractivity contribution is 5.71. The standard InChI is InChI=1S/C64H124O6/c1-7-60(6)52-46-40-34-28-21-17-14-15-19-23-31-37-43-49-55-64(67)70-61(57-69-63(66)54-48-42-36-30-25-24-27-33-39-45-51-59(4)5)56-68-62(65)53-47-41-35-29-22-18-13-11-9-8-10-12-16-20-26-32-38-44-50-58(2)3/h58-61H,7-57H2,1-6H3/t60?,61-/m0/s1. The molecule has 0 spiro atoms. The van der Waals surface area contributed by atoms with Gasteiger partial charge in [-0.25, -0.2) is 0 Å². The van der Waals surface area contributed by atoms with Crippen LogP contribution in [0, 0.1) is 17.8 Å². The topological polar surface area (TPSA) is 78.9 Å². The van der Waals surface area contributed by atoms with Gasteiger partial charge in [0.1, 0.15) is 13.2 Å². The third-order valence-electron chi connectivity index (χ3n) is 15.0. The summed E-state index contributed by atoms with van der Waals surface area (Å²) in [6, 6.07) is 0. The fraction of sp³-hybridized carbons (Fsp3) is 0.953. The van der Waals surface area contributed by atoms with Gasteiger partial charge in [-0.15, -0.1) is 0 Å². The van der Waals surface area contributed by atoms with E-state index in [2.05, 4.69) is 41.5 Å². The quantitative estimate of drug-likeness (QED) is 0.0343. The van der Waals surface area contributed by atoms with Crippen molar-refractivity contribution in [2.24, 2.45) is 17.8 Å². The molecule has 0 aliphatic carbocycles. The summed E-state index contributed by atoms with van der Waals surface area (Å²) in [5.74, 6) is 1.73. The molecule has 0 amide bonds. The first-order valence-electron chi connectivity index (χ1n) is 31.6. The van der Waals surface area contributed by atoms with E-state index in [1.54, 1.807) is 0 Å². The molecule has 0 saturated carbocycles. The van der Waals surface area contributed by atoms with E-state index in [4.69, 9.17) is 14.2 Å². The summed E-state index contributed by atoms with van der Waals surface area (Å²) >= 11 is 0. The molecule has 0 fully saturated rings. The van der Waals surface area contributed by atoms with Crippen LogP contribution in [0.5, 0.6) is 0 Å². The van der Waals surface area contributed by atoms with Gasteiger partial charge >= 0.3 is 17.9 Å². The zero-order valence-electron chi connectivity index (χ0n) is 48.3. The molecule has 416 valence electrons. The molecule has 0 N–H and O–H groups in total. The Balaban J connectivity index is 4.26. The van der Waals surface area contributed by atoms with Crippen LogP contribution in [0.4, 0.5) is 0 Å². The van der Waals surface area contributed by atoms with E-state index < -0.39 is 6.10 Å². The van der Waals surface area contributed by atoms with Gasteiger partial charge in [0.15, 0.2) is 6.10 Å². The number of carbonyl (C=O) groups excluding carboxylic acids is 3. The molecule has 0 aliphatic rings. The minimum atomic E-state index is -0.764. The van der Waals surface area contributed by atoms with E-state index in [1.165, 1.54) is 238 Å². The van der Waals surface area contributed by atoms with Gasteiger partial charge in [-0.05, 0) is 37.0 Å². The van der Waals surface area contributed by atoms with Crippen LogP contribution in [-0.2, 0) is 28.6 Å². The lowest BCUT2D eigenvalue weighted by atomic mass is 9.99. The van der Waals surface area contributed by atoms with Crippen molar-refractivity contribution in [2.75, 3.05) is 13.2 Å². The second-order valence-electron chi connectivity index (χ2n) is 23.2. The second kappa shape index (κ2) is 55.2. The highest BCUT2D eigenvalue weighted by Crippen LogP contribution is 2.19. The summed E-state index contributed by atoms with van der Waals surface area (Å²) in [6.45, 7) is 13.8. The van der Waals surface area contributed by atoms with Gasteiger partial charge in [-0.1, -0.05) is 318 Å². The number of unbranched alkanes of at least 4 members (excludes halogenated alkanes) is 39. The van der Waals surface area contributed by atoms with Crippen molar-refractivity contribution in [3.63, 3.8) is 0 Å². The summed E-state index contributed by atoms with van der Waals surface area (Å²) in [7, 11) is 0. The summed E-state index contributed by atoms with van der Waals surface area (Å²) in [5.41, 5.74) is 0. The number of rotatable bonds is 57. The smallest absolute Gasteiger partial charge is 0.306 e.